The van der Waals surface area contributed by atoms with E-state index in [1.54, 1.807) is 54.6 Å². The van der Waals surface area contributed by atoms with E-state index < -0.39 is 34.5 Å². The molecule has 2 amide bonds. The molecule has 0 bridgehead atoms. The number of ketones is 1. The summed E-state index contributed by atoms with van der Waals surface area (Å²) in [4.78, 5) is 51.7. The van der Waals surface area contributed by atoms with Gasteiger partial charge in [-0.1, -0.05) is 34.1 Å². The van der Waals surface area contributed by atoms with Gasteiger partial charge < -0.3 is 0 Å². The highest BCUT2D eigenvalue weighted by Gasteiger charge is 2.58. The molecule has 5 rings (SSSR count). The van der Waals surface area contributed by atoms with Crippen molar-refractivity contribution in [2.45, 2.75) is 6.04 Å². The molecule has 0 unspecified atom stereocenters. The molecule has 1 saturated heterocycles. The molecule has 3 aromatic rings. The number of rotatable bonds is 5. The van der Waals surface area contributed by atoms with Gasteiger partial charge in [-0.05, 0) is 48.5 Å². The van der Waals surface area contributed by atoms with Gasteiger partial charge in [0, 0.05) is 22.2 Å². The predicted octanol–water partition coefficient (Wildman–Crippen LogP) is 3.97. The second-order valence-corrected chi connectivity index (χ2v) is 8.62. The molecule has 0 radical (unpaired) electrons. The number of nitro benzene ring substituents is 1. The number of para-hydroxylation sites is 1. The minimum absolute atomic E-state index is 0.0288. The number of Topliss-reactive ketones (excluding diaryl/α,β-unsaturated/α-hetero) is 1. The number of carbonyl (C=O) groups is 3. The van der Waals surface area contributed by atoms with E-state index in [0.717, 1.165) is 9.37 Å². The van der Waals surface area contributed by atoms with Gasteiger partial charge in [0.2, 0.25) is 11.7 Å². The first-order chi connectivity index (χ1) is 16.4. The van der Waals surface area contributed by atoms with E-state index in [1.807, 2.05) is 0 Å². The third-order valence-electron chi connectivity index (χ3n) is 5.73. The Bertz CT molecular complexity index is 1360. The Balaban J connectivity index is 1.58. The van der Waals surface area contributed by atoms with Crippen LogP contribution in [0.2, 0.25) is 0 Å². The van der Waals surface area contributed by atoms with Crippen molar-refractivity contribution in [2.24, 2.45) is 11.0 Å². The van der Waals surface area contributed by atoms with Crippen LogP contribution >= 0.6 is 15.9 Å². The van der Waals surface area contributed by atoms with E-state index in [2.05, 4.69) is 21.0 Å². The molecule has 2 atom stereocenters. The number of halogens is 1. The Morgan fingerprint density at radius 2 is 1.53 bits per heavy atom. The largest absolute Gasteiger partial charge is 0.287 e. The smallest absolute Gasteiger partial charge is 0.269 e. The Morgan fingerprint density at radius 3 is 2.15 bits per heavy atom. The summed E-state index contributed by atoms with van der Waals surface area (Å²) in [6.07, 6.45) is 0. The normalized spacial score (nSPS) is 19.3. The standard InChI is InChI=1S/C24H15BrN4O5/c25-15-8-6-14(7-9-15)22(30)20-19-21(28(26-20)17-4-2-1-3-5-17)24(32)27(23(19)31)16-10-12-18(13-11-16)29(33)34/h1-13,19,21H/t19-,21+/m1/s1. The third kappa shape index (κ3) is 3.48. The van der Waals surface area contributed by atoms with Crippen LogP contribution < -0.4 is 9.91 Å². The fraction of sp³-hybridized carbons (Fsp3) is 0.0833. The zero-order valence-electron chi connectivity index (χ0n) is 17.4. The molecule has 2 heterocycles. The van der Waals surface area contributed by atoms with Gasteiger partial charge in [-0.2, -0.15) is 5.10 Å². The summed E-state index contributed by atoms with van der Waals surface area (Å²) in [7, 11) is 0. The Labute approximate surface area is 201 Å². The number of carbonyl (C=O) groups excluding carboxylic acids is 3. The molecule has 0 spiro atoms. The quantitative estimate of drug-likeness (QED) is 0.218. The summed E-state index contributed by atoms with van der Waals surface area (Å²) in [5.74, 6) is -2.73. The lowest BCUT2D eigenvalue weighted by molar-refractivity contribution is -0.384. The number of fused-ring (bicyclic) bond motifs is 1. The number of hydrazone groups is 1. The van der Waals surface area contributed by atoms with Crippen LogP contribution in [-0.4, -0.2) is 34.3 Å². The van der Waals surface area contributed by atoms with Gasteiger partial charge >= 0.3 is 0 Å². The maximum atomic E-state index is 13.5. The van der Waals surface area contributed by atoms with Crippen molar-refractivity contribution in [3.05, 3.63) is 99.0 Å². The van der Waals surface area contributed by atoms with E-state index in [0.29, 0.717) is 11.3 Å². The van der Waals surface area contributed by atoms with Crippen molar-refractivity contribution in [1.82, 2.24) is 0 Å². The maximum absolute atomic E-state index is 13.5. The lowest BCUT2D eigenvalue weighted by Crippen LogP contribution is -2.39. The van der Waals surface area contributed by atoms with Crippen molar-refractivity contribution >= 4 is 56.3 Å². The fourth-order valence-corrected chi connectivity index (χ4v) is 4.39. The molecule has 2 aliphatic heterocycles. The van der Waals surface area contributed by atoms with Crippen LogP contribution in [-0.2, 0) is 9.59 Å². The van der Waals surface area contributed by atoms with E-state index >= 15 is 0 Å². The molecule has 0 N–H and O–H groups in total. The Kier molecular flexibility index (Phi) is 5.29. The molecule has 168 valence electrons. The monoisotopic (exact) mass is 518 g/mol. The van der Waals surface area contributed by atoms with Gasteiger partial charge in [0.25, 0.3) is 11.6 Å². The van der Waals surface area contributed by atoms with Crippen molar-refractivity contribution in [1.29, 1.82) is 0 Å². The van der Waals surface area contributed by atoms with Crippen LogP contribution in [0.4, 0.5) is 17.1 Å². The molecular formula is C24H15BrN4O5. The van der Waals surface area contributed by atoms with Crippen molar-refractivity contribution in [3.8, 4) is 0 Å². The van der Waals surface area contributed by atoms with E-state index in [-0.39, 0.29) is 17.1 Å². The molecule has 0 aromatic heterocycles. The highest BCUT2D eigenvalue weighted by atomic mass is 79.9. The van der Waals surface area contributed by atoms with Crippen LogP contribution in [0.25, 0.3) is 0 Å². The van der Waals surface area contributed by atoms with Gasteiger partial charge in [-0.3, -0.25) is 29.5 Å². The molecule has 0 aliphatic carbocycles. The number of hydrogen-bond donors (Lipinski definition) is 0. The maximum Gasteiger partial charge on any atom is 0.269 e. The number of non-ortho nitro benzene ring substituents is 1. The zero-order valence-corrected chi connectivity index (χ0v) is 19.0. The highest BCUT2D eigenvalue weighted by molar-refractivity contribution is 9.10. The molecule has 3 aromatic carbocycles. The van der Waals surface area contributed by atoms with Gasteiger partial charge in [0.05, 0.1) is 16.3 Å². The molecule has 9 nitrogen and oxygen atoms in total. The number of nitro groups is 1. The average molecular weight is 519 g/mol. The van der Waals surface area contributed by atoms with Crippen LogP contribution in [0.1, 0.15) is 10.4 Å². The van der Waals surface area contributed by atoms with E-state index in [4.69, 9.17) is 0 Å². The van der Waals surface area contributed by atoms with Crippen molar-refractivity contribution < 1.29 is 19.3 Å². The highest BCUT2D eigenvalue weighted by Crippen LogP contribution is 2.38. The van der Waals surface area contributed by atoms with Gasteiger partial charge in [-0.15, -0.1) is 0 Å². The molecule has 2 aliphatic rings. The number of benzene rings is 3. The minimum Gasteiger partial charge on any atom is -0.287 e. The Hall–Kier alpha value is -4.18. The summed E-state index contributed by atoms with van der Waals surface area (Å²) in [5, 5.41) is 16.8. The molecule has 10 heteroatoms. The number of anilines is 2. The van der Waals surface area contributed by atoms with E-state index in [1.165, 1.54) is 29.3 Å². The van der Waals surface area contributed by atoms with Crippen LogP contribution in [0.5, 0.6) is 0 Å². The van der Waals surface area contributed by atoms with Crippen molar-refractivity contribution in [3.63, 3.8) is 0 Å². The van der Waals surface area contributed by atoms with Crippen molar-refractivity contribution in [2.75, 3.05) is 9.91 Å². The number of hydrogen-bond acceptors (Lipinski definition) is 7. The van der Waals surface area contributed by atoms with Crippen LogP contribution in [0.3, 0.4) is 0 Å². The first-order valence-electron chi connectivity index (χ1n) is 10.2. The average Bonchev–Trinajstić information content (AvgIpc) is 3.36. The van der Waals surface area contributed by atoms with E-state index in [9.17, 15) is 24.5 Å². The second kappa shape index (κ2) is 8.31. The first kappa shape index (κ1) is 21.7. The molecular weight excluding hydrogens is 504 g/mol. The summed E-state index contributed by atoms with van der Waals surface area (Å²) in [5.41, 5.74) is 0.895. The third-order valence-corrected chi connectivity index (χ3v) is 6.26. The summed E-state index contributed by atoms with van der Waals surface area (Å²) in [6, 6.07) is 19.5. The minimum atomic E-state index is -1.11. The Morgan fingerprint density at radius 1 is 0.882 bits per heavy atom. The lowest BCUT2D eigenvalue weighted by Gasteiger charge is -2.22. The van der Waals surface area contributed by atoms with Gasteiger partial charge in [0.1, 0.15) is 17.7 Å². The first-order valence-corrected chi connectivity index (χ1v) is 11.0. The van der Waals surface area contributed by atoms with Crippen LogP contribution in [0.15, 0.2) is 88.4 Å². The predicted molar refractivity (Wildman–Crippen MR) is 128 cm³/mol. The molecule has 1 fully saturated rings. The second-order valence-electron chi connectivity index (χ2n) is 7.71. The summed E-state index contributed by atoms with van der Waals surface area (Å²) >= 11 is 3.33. The molecule has 0 saturated carbocycles. The zero-order chi connectivity index (χ0) is 24.0. The van der Waals surface area contributed by atoms with Crippen LogP contribution in [0, 0.1) is 16.0 Å². The van der Waals surface area contributed by atoms with Gasteiger partial charge in [-0.25, -0.2) is 4.90 Å². The molecule has 34 heavy (non-hydrogen) atoms. The number of imide groups is 1. The number of nitrogens with zero attached hydrogens (tertiary/aromatic N) is 4. The summed E-state index contributed by atoms with van der Waals surface area (Å²) in [6.45, 7) is 0. The topological polar surface area (TPSA) is 113 Å². The van der Waals surface area contributed by atoms with Gasteiger partial charge in [0.15, 0.2) is 0 Å². The number of amides is 2. The lowest BCUT2D eigenvalue weighted by atomic mass is 9.92. The summed E-state index contributed by atoms with van der Waals surface area (Å²) < 4.78 is 0.790. The fourth-order valence-electron chi connectivity index (χ4n) is 4.12. The SMILES string of the molecule is O=C(C1=NN(c2ccccc2)[C@@H]2C(=O)N(c3ccc([N+](=O)[O-])cc3)C(=O)[C@H]12)c1ccc(Br)cc1.